The fourth-order valence-corrected chi connectivity index (χ4v) is 1.50. The third-order valence-electron chi connectivity index (χ3n) is 1.20. The largest absolute Gasteiger partial charge is 0.508 e. The lowest BCUT2D eigenvalue weighted by Gasteiger charge is -2.05. The zero-order valence-corrected chi connectivity index (χ0v) is 7.93. The van der Waals surface area contributed by atoms with E-state index in [1.54, 1.807) is 0 Å². The molecule has 0 bridgehead atoms. The van der Waals surface area contributed by atoms with Crippen LogP contribution in [0.2, 0.25) is 5.02 Å². The number of phenolic OH excluding ortho intramolecular Hbond substituents is 1. The Balaban J connectivity index is 3.04. The van der Waals surface area contributed by atoms with Gasteiger partial charge >= 0.3 is 0 Å². The molecule has 0 spiro atoms. The van der Waals surface area contributed by atoms with E-state index in [0.29, 0.717) is 0 Å². The van der Waals surface area contributed by atoms with Crippen molar-refractivity contribution in [3.8, 4) is 5.75 Å². The number of rotatable bonds is 2. The average molecular weight is 223 g/mol. The van der Waals surface area contributed by atoms with Gasteiger partial charge in [0.1, 0.15) is 5.75 Å². The summed E-state index contributed by atoms with van der Waals surface area (Å²) in [6.07, 6.45) is 0. The van der Waals surface area contributed by atoms with E-state index in [4.69, 9.17) is 21.8 Å². The number of halogens is 1. The molecule has 4 N–H and O–H groups in total. The van der Waals surface area contributed by atoms with Crippen LogP contribution in [-0.4, -0.2) is 13.5 Å². The second kappa shape index (κ2) is 3.41. The van der Waals surface area contributed by atoms with Crippen molar-refractivity contribution in [2.24, 2.45) is 5.14 Å². The van der Waals surface area contributed by atoms with Crippen molar-refractivity contribution in [2.45, 2.75) is 0 Å². The Bertz CT molecular complexity index is 418. The lowest BCUT2D eigenvalue weighted by Crippen LogP contribution is -2.21. The summed E-state index contributed by atoms with van der Waals surface area (Å²) in [4.78, 5) is 0. The van der Waals surface area contributed by atoms with Crippen molar-refractivity contribution < 1.29 is 13.5 Å². The van der Waals surface area contributed by atoms with E-state index >= 15 is 0 Å². The topological polar surface area (TPSA) is 92.4 Å². The Morgan fingerprint density at radius 2 is 2.08 bits per heavy atom. The van der Waals surface area contributed by atoms with Crippen molar-refractivity contribution in [3.63, 3.8) is 0 Å². The summed E-state index contributed by atoms with van der Waals surface area (Å²) >= 11 is 5.59. The summed E-state index contributed by atoms with van der Waals surface area (Å²) in [5.41, 5.74) is 0.127. The minimum Gasteiger partial charge on any atom is -0.508 e. The number of aromatic hydroxyl groups is 1. The van der Waals surface area contributed by atoms with Gasteiger partial charge in [-0.15, -0.1) is 0 Å². The molecular weight excluding hydrogens is 216 g/mol. The van der Waals surface area contributed by atoms with Crippen LogP contribution in [0, 0.1) is 0 Å². The highest BCUT2D eigenvalue weighted by Crippen LogP contribution is 2.26. The molecule has 1 rings (SSSR count). The van der Waals surface area contributed by atoms with Crippen molar-refractivity contribution in [2.75, 3.05) is 4.72 Å². The normalized spacial score (nSPS) is 11.2. The SMILES string of the molecule is NS(=O)(=O)Nc1ccc(O)cc1Cl. The van der Waals surface area contributed by atoms with Crippen LogP contribution in [-0.2, 0) is 10.2 Å². The van der Waals surface area contributed by atoms with Crippen LogP contribution in [0.15, 0.2) is 18.2 Å². The van der Waals surface area contributed by atoms with E-state index in [-0.39, 0.29) is 16.5 Å². The Labute approximate surface area is 80.3 Å². The van der Waals surface area contributed by atoms with E-state index in [0.717, 1.165) is 0 Å². The second-order valence-corrected chi connectivity index (χ2v) is 4.01. The number of nitrogens with two attached hydrogens (primary N) is 1. The highest BCUT2D eigenvalue weighted by molar-refractivity contribution is 7.90. The van der Waals surface area contributed by atoms with Crippen LogP contribution in [0.1, 0.15) is 0 Å². The first-order chi connectivity index (χ1) is 5.88. The molecule has 1 aromatic rings. The monoisotopic (exact) mass is 222 g/mol. The number of hydrogen-bond acceptors (Lipinski definition) is 3. The maximum atomic E-state index is 10.6. The smallest absolute Gasteiger partial charge is 0.296 e. The standard InChI is InChI=1S/C6H7ClN2O3S/c7-5-3-4(10)1-2-6(5)9-13(8,11)12/h1-3,9-10H,(H2,8,11,12). The molecule has 0 atom stereocenters. The molecule has 0 fully saturated rings. The molecule has 0 saturated heterocycles. The number of phenols is 1. The van der Waals surface area contributed by atoms with Gasteiger partial charge in [0, 0.05) is 6.07 Å². The van der Waals surface area contributed by atoms with Gasteiger partial charge in [0.15, 0.2) is 0 Å². The zero-order chi connectivity index (χ0) is 10.1. The van der Waals surface area contributed by atoms with E-state index in [1.165, 1.54) is 18.2 Å². The minimum absolute atomic E-state index is 0.0510. The number of anilines is 1. The first-order valence-corrected chi connectivity index (χ1v) is 5.10. The molecule has 0 saturated carbocycles. The van der Waals surface area contributed by atoms with Gasteiger partial charge in [-0.25, -0.2) is 5.14 Å². The Morgan fingerprint density at radius 1 is 1.46 bits per heavy atom. The fourth-order valence-electron chi connectivity index (χ4n) is 0.740. The highest BCUT2D eigenvalue weighted by atomic mass is 35.5. The molecule has 0 unspecified atom stereocenters. The van der Waals surface area contributed by atoms with E-state index in [2.05, 4.69) is 0 Å². The molecule has 7 heteroatoms. The summed E-state index contributed by atoms with van der Waals surface area (Å²) < 4.78 is 23.2. The molecule has 13 heavy (non-hydrogen) atoms. The quantitative estimate of drug-likeness (QED) is 0.642. The third kappa shape index (κ3) is 3.10. The maximum absolute atomic E-state index is 10.6. The lowest BCUT2D eigenvalue weighted by atomic mass is 10.3. The van der Waals surface area contributed by atoms with Crippen LogP contribution in [0.25, 0.3) is 0 Å². The predicted molar refractivity (Wildman–Crippen MR) is 49.8 cm³/mol. The summed E-state index contributed by atoms with van der Waals surface area (Å²) in [6, 6.07) is 3.80. The number of nitrogens with one attached hydrogen (secondary N) is 1. The molecule has 0 aromatic heterocycles. The number of hydrogen-bond donors (Lipinski definition) is 3. The molecule has 0 aliphatic heterocycles. The van der Waals surface area contributed by atoms with Crippen LogP contribution >= 0.6 is 11.6 Å². The molecule has 0 amide bonds. The Hall–Kier alpha value is -0.980. The molecular formula is C6H7ClN2O3S. The van der Waals surface area contributed by atoms with Crippen LogP contribution in [0.5, 0.6) is 5.75 Å². The first kappa shape index (κ1) is 10.1. The van der Waals surface area contributed by atoms with Gasteiger partial charge in [-0.05, 0) is 12.1 Å². The summed E-state index contributed by atoms with van der Waals surface area (Å²) in [5.74, 6) is -0.0510. The summed E-state index contributed by atoms with van der Waals surface area (Å²) in [5, 5.41) is 13.7. The fraction of sp³-hybridized carbons (Fsp3) is 0. The zero-order valence-electron chi connectivity index (χ0n) is 6.36. The van der Waals surface area contributed by atoms with Gasteiger partial charge in [0.25, 0.3) is 10.2 Å². The van der Waals surface area contributed by atoms with Crippen LogP contribution in [0.3, 0.4) is 0 Å². The lowest BCUT2D eigenvalue weighted by molar-refractivity contribution is 0.475. The van der Waals surface area contributed by atoms with Gasteiger partial charge in [-0.3, -0.25) is 4.72 Å². The third-order valence-corrected chi connectivity index (χ3v) is 2.02. The summed E-state index contributed by atoms with van der Waals surface area (Å²) in [7, 11) is -3.83. The first-order valence-electron chi connectivity index (χ1n) is 3.17. The van der Waals surface area contributed by atoms with Gasteiger partial charge in [-0.1, -0.05) is 11.6 Å². The Morgan fingerprint density at radius 3 is 2.54 bits per heavy atom. The van der Waals surface area contributed by atoms with Gasteiger partial charge in [-0.2, -0.15) is 8.42 Å². The molecule has 1 aromatic carbocycles. The van der Waals surface area contributed by atoms with Crippen LogP contribution < -0.4 is 9.86 Å². The van der Waals surface area contributed by atoms with Crippen molar-refractivity contribution in [1.29, 1.82) is 0 Å². The maximum Gasteiger partial charge on any atom is 0.296 e. The van der Waals surface area contributed by atoms with Crippen molar-refractivity contribution in [3.05, 3.63) is 23.2 Å². The van der Waals surface area contributed by atoms with E-state index in [9.17, 15) is 8.42 Å². The van der Waals surface area contributed by atoms with E-state index in [1.807, 2.05) is 4.72 Å². The Kier molecular flexibility index (Phi) is 2.65. The molecule has 5 nitrogen and oxygen atoms in total. The molecule has 0 radical (unpaired) electrons. The molecule has 72 valence electrons. The second-order valence-electron chi connectivity index (χ2n) is 2.31. The van der Waals surface area contributed by atoms with Crippen molar-refractivity contribution in [1.82, 2.24) is 0 Å². The van der Waals surface area contributed by atoms with Gasteiger partial charge < -0.3 is 5.11 Å². The predicted octanol–water partition coefficient (Wildman–Crippen LogP) is 0.661. The van der Waals surface area contributed by atoms with Gasteiger partial charge in [0.05, 0.1) is 10.7 Å². The highest BCUT2D eigenvalue weighted by Gasteiger charge is 2.06. The minimum atomic E-state index is -3.83. The van der Waals surface area contributed by atoms with E-state index < -0.39 is 10.2 Å². The number of benzene rings is 1. The summed E-state index contributed by atoms with van der Waals surface area (Å²) in [6.45, 7) is 0. The van der Waals surface area contributed by atoms with Gasteiger partial charge in [0.2, 0.25) is 0 Å². The molecule has 0 aliphatic rings. The molecule has 0 heterocycles. The van der Waals surface area contributed by atoms with Crippen LogP contribution in [0.4, 0.5) is 5.69 Å². The average Bonchev–Trinajstić information content (AvgIpc) is 1.93. The van der Waals surface area contributed by atoms with Crippen molar-refractivity contribution >= 4 is 27.5 Å². The molecule has 0 aliphatic carbocycles.